The maximum absolute atomic E-state index is 5.50. The van der Waals surface area contributed by atoms with E-state index < -0.39 is 0 Å². The largest absolute Gasteiger partial charge is 0.380 e. The van der Waals surface area contributed by atoms with Gasteiger partial charge in [-0.1, -0.05) is 0 Å². The summed E-state index contributed by atoms with van der Waals surface area (Å²) >= 11 is 0. The van der Waals surface area contributed by atoms with Crippen LogP contribution in [0.5, 0.6) is 0 Å². The molecule has 7 nitrogen and oxygen atoms in total. The van der Waals surface area contributed by atoms with Crippen LogP contribution in [0.25, 0.3) is 11.0 Å². The normalized spacial score (nSPS) is 19.7. The minimum absolute atomic E-state index is 0.0986. The van der Waals surface area contributed by atoms with Crippen molar-refractivity contribution in [2.24, 2.45) is 0 Å². The fraction of sp³-hybridized carbons (Fsp3) is 0.722. The first-order valence-corrected chi connectivity index (χ1v) is 9.17. The molecule has 25 heavy (non-hydrogen) atoms. The standard InChI is InChI=1S/C18H30N6O/c1-6-25-10-9-22-7-8-23(12-14(22)2)16-15-11-21-24(18(3,4)5)17(15)20-13-19-16/h11,13-14H,6-10,12H2,1-5H3. The van der Waals surface area contributed by atoms with Crippen molar-refractivity contribution in [2.45, 2.75) is 46.2 Å². The van der Waals surface area contributed by atoms with E-state index in [1.54, 1.807) is 6.33 Å². The minimum atomic E-state index is -0.0986. The highest BCUT2D eigenvalue weighted by atomic mass is 16.5. The van der Waals surface area contributed by atoms with E-state index in [4.69, 9.17) is 4.74 Å². The molecular weight excluding hydrogens is 316 g/mol. The lowest BCUT2D eigenvalue weighted by Crippen LogP contribution is -2.53. The Morgan fingerprint density at radius 1 is 1.24 bits per heavy atom. The van der Waals surface area contributed by atoms with Crippen LogP contribution in [0.15, 0.2) is 12.5 Å². The summed E-state index contributed by atoms with van der Waals surface area (Å²) in [5.74, 6) is 0.997. The van der Waals surface area contributed by atoms with E-state index in [0.29, 0.717) is 6.04 Å². The number of anilines is 1. The lowest BCUT2D eigenvalue weighted by atomic mass is 10.1. The van der Waals surface area contributed by atoms with Crippen LogP contribution < -0.4 is 4.90 Å². The molecule has 0 saturated carbocycles. The fourth-order valence-corrected chi connectivity index (χ4v) is 3.42. The molecule has 0 radical (unpaired) electrons. The lowest BCUT2D eigenvalue weighted by molar-refractivity contribution is 0.0925. The first-order valence-electron chi connectivity index (χ1n) is 9.17. The summed E-state index contributed by atoms with van der Waals surface area (Å²) in [6, 6.07) is 0.469. The third-order valence-corrected chi connectivity index (χ3v) is 4.77. The number of rotatable bonds is 5. The highest BCUT2D eigenvalue weighted by molar-refractivity contribution is 5.86. The molecule has 1 atom stereocenters. The van der Waals surface area contributed by atoms with Crippen molar-refractivity contribution in [3.63, 3.8) is 0 Å². The van der Waals surface area contributed by atoms with Gasteiger partial charge in [0.15, 0.2) is 5.65 Å². The molecule has 0 bridgehead atoms. The van der Waals surface area contributed by atoms with Crippen LogP contribution in [0, 0.1) is 0 Å². The van der Waals surface area contributed by atoms with Crippen LogP contribution in [0.4, 0.5) is 5.82 Å². The van der Waals surface area contributed by atoms with Crippen molar-refractivity contribution < 1.29 is 4.74 Å². The first-order chi connectivity index (χ1) is 11.9. The van der Waals surface area contributed by atoms with Gasteiger partial charge in [-0.05, 0) is 34.6 Å². The zero-order valence-corrected chi connectivity index (χ0v) is 16.1. The topological polar surface area (TPSA) is 59.3 Å². The zero-order valence-electron chi connectivity index (χ0n) is 16.1. The monoisotopic (exact) mass is 346 g/mol. The molecule has 1 fully saturated rings. The summed E-state index contributed by atoms with van der Waals surface area (Å²) in [6.45, 7) is 16.2. The molecule has 3 rings (SSSR count). The zero-order chi connectivity index (χ0) is 18.0. The molecule has 0 N–H and O–H groups in total. The second-order valence-corrected chi connectivity index (χ2v) is 7.69. The Labute approximate surface area is 150 Å². The molecule has 0 spiro atoms. The number of aromatic nitrogens is 4. The number of hydrogen-bond donors (Lipinski definition) is 0. The van der Waals surface area contributed by atoms with Crippen LogP contribution in [0.2, 0.25) is 0 Å². The molecule has 2 aromatic rings. The van der Waals surface area contributed by atoms with Crippen molar-refractivity contribution >= 4 is 16.9 Å². The van der Waals surface area contributed by atoms with Crippen molar-refractivity contribution in [3.05, 3.63) is 12.5 Å². The van der Waals surface area contributed by atoms with Gasteiger partial charge in [0, 0.05) is 38.8 Å². The first kappa shape index (κ1) is 18.1. The summed E-state index contributed by atoms with van der Waals surface area (Å²) < 4.78 is 7.48. The number of hydrogen-bond acceptors (Lipinski definition) is 6. The Balaban J connectivity index is 1.78. The van der Waals surface area contributed by atoms with E-state index in [1.807, 2.05) is 17.8 Å². The van der Waals surface area contributed by atoms with Gasteiger partial charge in [-0.2, -0.15) is 5.10 Å². The molecule has 0 aromatic carbocycles. The van der Waals surface area contributed by atoms with E-state index in [-0.39, 0.29) is 5.54 Å². The Kier molecular flexibility index (Phi) is 5.24. The molecule has 1 aliphatic heterocycles. The predicted octanol–water partition coefficient (Wildman–Crippen LogP) is 2.13. The van der Waals surface area contributed by atoms with Crippen LogP contribution in [0.3, 0.4) is 0 Å². The van der Waals surface area contributed by atoms with Gasteiger partial charge >= 0.3 is 0 Å². The molecule has 1 aliphatic rings. The minimum Gasteiger partial charge on any atom is -0.380 e. The van der Waals surface area contributed by atoms with Gasteiger partial charge in [-0.15, -0.1) is 0 Å². The van der Waals surface area contributed by atoms with Gasteiger partial charge in [0.05, 0.1) is 23.7 Å². The number of ether oxygens (including phenoxy) is 1. The molecule has 0 amide bonds. The summed E-state index contributed by atoms with van der Waals surface area (Å²) in [4.78, 5) is 13.9. The predicted molar refractivity (Wildman–Crippen MR) is 100 cm³/mol. The van der Waals surface area contributed by atoms with Crippen LogP contribution in [0.1, 0.15) is 34.6 Å². The maximum atomic E-state index is 5.50. The van der Waals surface area contributed by atoms with Crippen molar-refractivity contribution in [3.8, 4) is 0 Å². The molecule has 2 aromatic heterocycles. The number of piperazine rings is 1. The van der Waals surface area contributed by atoms with E-state index in [1.165, 1.54) is 0 Å². The highest BCUT2D eigenvalue weighted by Crippen LogP contribution is 2.27. The second kappa shape index (κ2) is 7.25. The third kappa shape index (κ3) is 3.77. The molecule has 138 valence electrons. The summed E-state index contributed by atoms with van der Waals surface area (Å²) in [5, 5.41) is 5.60. The summed E-state index contributed by atoms with van der Waals surface area (Å²) in [6.07, 6.45) is 3.57. The Bertz CT molecular complexity index is 707. The van der Waals surface area contributed by atoms with Gasteiger partial charge in [0.1, 0.15) is 12.1 Å². The van der Waals surface area contributed by atoms with Crippen LogP contribution in [-0.4, -0.2) is 70.1 Å². The molecule has 1 unspecified atom stereocenters. The fourth-order valence-electron chi connectivity index (χ4n) is 3.42. The Morgan fingerprint density at radius 2 is 2.04 bits per heavy atom. The molecule has 0 aliphatic carbocycles. The molecule has 1 saturated heterocycles. The Hall–Kier alpha value is -1.73. The average molecular weight is 346 g/mol. The average Bonchev–Trinajstić information content (AvgIpc) is 3.00. The van der Waals surface area contributed by atoms with Gasteiger partial charge < -0.3 is 9.64 Å². The van der Waals surface area contributed by atoms with Gasteiger partial charge in [0.2, 0.25) is 0 Å². The number of fused-ring (bicyclic) bond motifs is 1. The van der Waals surface area contributed by atoms with Crippen molar-refractivity contribution in [2.75, 3.05) is 44.3 Å². The van der Waals surface area contributed by atoms with Crippen LogP contribution in [-0.2, 0) is 10.3 Å². The SMILES string of the molecule is CCOCCN1CCN(c2ncnc3c2cnn3C(C)(C)C)CC1C. The van der Waals surface area contributed by atoms with E-state index in [2.05, 4.69) is 52.6 Å². The van der Waals surface area contributed by atoms with Crippen LogP contribution >= 0.6 is 0 Å². The smallest absolute Gasteiger partial charge is 0.163 e. The van der Waals surface area contributed by atoms with E-state index >= 15 is 0 Å². The third-order valence-electron chi connectivity index (χ3n) is 4.77. The molecule has 7 heteroatoms. The lowest BCUT2D eigenvalue weighted by Gasteiger charge is -2.40. The number of nitrogens with zero attached hydrogens (tertiary/aromatic N) is 6. The Morgan fingerprint density at radius 3 is 2.72 bits per heavy atom. The summed E-state index contributed by atoms with van der Waals surface area (Å²) in [7, 11) is 0. The maximum Gasteiger partial charge on any atom is 0.163 e. The molecule has 3 heterocycles. The summed E-state index contributed by atoms with van der Waals surface area (Å²) in [5.41, 5.74) is 0.808. The van der Waals surface area contributed by atoms with Crippen molar-refractivity contribution in [1.29, 1.82) is 0 Å². The van der Waals surface area contributed by atoms with Gasteiger partial charge in [0.25, 0.3) is 0 Å². The molecular formula is C18H30N6O. The quantitative estimate of drug-likeness (QED) is 0.773. The second-order valence-electron chi connectivity index (χ2n) is 7.69. The van der Waals surface area contributed by atoms with E-state index in [9.17, 15) is 0 Å². The van der Waals surface area contributed by atoms with Gasteiger partial charge in [-0.25, -0.2) is 14.6 Å². The van der Waals surface area contributed by atoms with Crippen molar-refractivity contribution in [1.82, 2.24) is 24.6 Å². The van der Waals surface area contributed by atoms with E-state index in [0.717, 1.165) is 56.2 Å². The van der Waals surface area contributed by atoms with Gasteiger partial charge in [-0.3, -0.25) is 4.90 Å². The highest BCUT2D eigenvalue weighted by Gasteiger charge is 2.27.